The molecule has 0 unspecified atom stereocenters. The number of carbonyl (C=O) groups is 1. The van der Waals surface area contributed by atoms with E-state index >= 15 is 0 Å². The van der Waals surface area contributed by atoms with Crippen molar-refractivity contribution in [3.63, 3.8) is 0 Å². The van der Waals surface area contributed by atoms with Crippen molar-refractivity contribution in [3.05, 3.63) is 100 Å². The lowest BCUT2D eigenvalue weighted by atomic mass is 10.2. The Morgan fingerprint density at radius 3 is 2.49 bits per heavy atom. The van der Waals surface area contributed by atoms with Crippen LogP contribution in [0.4, 0.5) is 5.13 Å². The number of anilines is 1. The summed E-state index contributed by atoms with van der Waals surface area (Å²) in [5.41, 5.74) is 3.95. The van der Waals surface area contributed by atoms with Crippen molar-refractivity contribution in [1.29, 1.82) is 0 Å². The lowest BCUT2D eigenvalue weighted by molar-refractivity contribution is -0.115. The van der Waals surface area contributed by atoms with Crippen LogP contribution in [-0.4, -0.2) is 25.7 Å². The third-order valence-electron chi connectivity index (χ3n) is 5.56. The molecule has 0 bridgehead atoms. The van der Waals surface area contributed by atoms with E-state index in [1.807, 2.05) is 85.1 Å². The summed E-state index contributed by atoms with van der Waals surface area (Å²) in [6.07, 6.45) is 0. The van der Waals surface area contributed by atoms with E-state index in [4.69, 9.17) is 4.98 Å². The lowest BCUT2D eigenvalue weighted by Gasteiger charge is -2.17. The lowest BCUT2D eigenvalue weighted by Crippen LogP contribution is -2.26. The van der Waals surface area contributed by atoms with Crippen LogP contribution in [0.25, 0.3) is 27.8 Å². The van der Waals surface area contributed by atoms with Gasteiger partial charge in [-0.25, -0.2) is 9.97 Å². The summed E-state index contributed by atoms with van der Waals surface area (Å²) in [4.78, 5) is 35.8. The minimum absolute atomic E-state index is 0.160. The first-order chi connectivity index (χ1) is 17.0. The van der Waals surface area contributed by atoms with Crippen LogP contribution in [0.5, 0.6) is 0 Å². The smallest absolute Gasteiger partial charge is 0.266 e. The van der Waals surface area contributed by atoms with Gasteiger partial charge in [-0.15, -0.1) is 11.3 Å². The molecule has 5 aromatic rings. The number of hydrogen-bond acceptors (Lipinski definition) is 6. The second-order valence-electron chi connectivity index (χ2n) is 7.99. The Morgan fingerprint density at radius 1 is 0.971 bits per heavy atom. The molecule has 0 aliphatic carbocycles. The predicted molar refractivity (Wildman–Crippen MR) is 144 cm³/mol. The number of nitrogens with one attached hydrogen (secondary N) is 1. The molecule has 3 aromatic carbocycles. The first-order valence-electron chi connectivity index (χ1n) is 11.1. The summed E-state index contributed by atoms with van der Waals surface area (Å²) in [5.74, 6) is -0.206. The number of para-hydroxylation sites is 2. The molecule has 174 valence electrons. The number of amides is 1. The molecule has 0 saturated carbocycles. The van der Waals surface area contributed by atoms with Crippen molar-refractivity contribution < 1.29 is 4.79 Å². The van der Waals surface area contributed by atoms with E-state index in [0.29, 0.717) is 21.2 Å². The van der Waals surface area contributed by atoms with Crippen LogP contribution in [0.3, 0.4) is 0 Å². The van der Waals surface area contributed by atoms with Crippen LogP contribution in [0.2, 0.25) is 0 Å². The van der Waals surface area contributed by atoms with Crippen LogP contribution in [-0.2, 0) is 4.79 Å². The summed E-state index contributed by atoms with van der Waals surface area (Å²) in [6.45, 7) is 3.75. The molecule has 2 aromatic heterocycles. The number of aromatic nitrogens is 3. The topological polar surface area (TPSA) is 76.9 Å². The Kier molecular flexibility index (Phi) is 6.48. The average Bonchev–Trinajstić information content (AvgIpc) is 3.34. The fourth-order valence-corrected chi connectivity index (χ4v) is 5.35. The van der Waals surface area contributed by atoms with E-state index in [1.165, 1.54) is 23.1 Å². The van der Waals surface area contributed by atoms with Gasteiger partial charge in [0.15, 0.2) is 10.3 Å². The second kappa shape index (κ2) is 9.85. The van der Waals surface area contributed by atoms with Crippen molar-refractivity contribution in [2.24, 2.45) is 0 Å². The third kappa shape index (κ3) is 4.76. The van der Waals surface area contributed by atoms with Gasteiger partial charge in [-0.3, -0.25) is 14.2 Å². The van der Waals surface area contributed by atoms with E-state index in [1.54, 1.807) is 17.6 Å². The number of hydrogen-bond donors (Lipinski definition) is 1. The van der Waals surface area contributed by atoms with Crippen molar-refractivity contribution in [1.82, 2.24) is 14.5 Å². The van der Waals surface area contributed by atoms with E-state index in [-0.39, 0.29) is 11.5 Å². The molecule has 1 N–H and O–H groups in total. The highest BCUT2D eigenvalue weighted by Crippen LogP contribution is 2.28. The first kappa shape index (κ1) is 23.0. The van der Waals surface area contributed by atoms with Gasteiger partial charge in [0.1, 0.15) is 0 Å². The Balaban J connectivity index is 1.44. The normalized spacial score (nSPS) is 11.9. The maximum atomic E-state index is 13.5. The molecule has 2 heterocycles. The first-order valence-corrected chi connectivity index (χ1v) is 12.8. The molecule has 8 heteroatoms. The van der Waals surface area contributed by atoms with Crippen molar-refractivity contribution in [2.45, 2.75) is 24.3 Å². The molecule has 1 atom stereocenters. The largest absolute Gasteiger partial charge is 0.301 e. The molecule has 35 heavy (non-hydrogen) atoms. The van der Waals surface area contributed by atoms with Crippen LogP contribution in [0.15, 0.2) is 94.2 Å². The molecular formula is C27H22N4O2S2. The number of rotatable bonds is 6. The van der Waals surface area contributed by atoms with Crippen LogP contribution in [0, 0.1) is 6.92 Å². The molecule has 0 radical (unpaired) electrons. The van der Waals surface area contributed by atoms with Gasteiger partial charge >= 0.3 is 0 Å². The summed E-state index contributed by atoms with van der Waals surface area (Å²) < 4.78 is 1.60. The molecule has 0 aliphatic rings. The number of nitrogens with zero attached hydrogens (tertiary/aromatic N) is 3. The molecule has 0 aliphatic heterocycles. The predicted octanol–water partition coefficient (Wildman–Crippen LogP) is 5.94. The zero-order chi connectivity index (χ0) is 24.4. The Hall–Kier alpha value is -3.75. The van der Waals surface area contributed by atoms with Gasteiger partial charge in [0, 0.05) is 10.9 Å². The van der Waals surface area contributed by atoms with Crippen LogP contribution < -0.4 is 10.9 Å². The minimum Gasteiger partial charge on any atom is -0.301 e. The zero-order valence-electron chi connectivity index (χ0n) is 19.1. The van der Waals surface area contributed by atoms with Gasteiger partial charge in [-0.2, -0.15) is 0 Å². The summed E-state index contributed by atoms with van der Waals surface area (Å²) >= 11 is 2.63. The van der Waals surface area contributed by atoms with Gasteiger partial charge in [0.2, 0.25) is 5.91 Å². The molecule has 1 amide bonds. The summed E-state index contributed by atoms with van der Waals surface area (Å²) in [6, 6.07) is 24.8. The Labute approximate surface area is 210 Å². The maximum absolute atomic E-state index is 13.5. The molecule has 6 nitrogen and oxygen atoms in total. The number of fused-ring (bicyclic) bond motifs is 1. The SMILES string of the molecule is Cc1ccccc1-n1c(S[C@H](C)C(=O)Nc2nc(-c3ccccc3)cs2)nc2ccccc2c1=O. The van der Waals surface area contributed by atoms with E-state index in [9.17, 15) is 9.59 Å². The summed E-state index contributed by atoms with van der Waals surface area (Å²) in [5, 5.41) is 5.85. The molecular weight excluding hydrogens is 476 g/mol. The number of thioether (sulfide) groups is 1. The second-order valence-corrected chi connectivity index (χ2v) is 10.2. The van der Waals surface area contributed by atoms with Crippen LogP contribution >= 0.6 is 23.1 Å². The standard InChI is InChI=1S/C27H22N4O2S2/c1-17-10-6-9-15-23(17)31-25(33)20-13-7-8-14-21(20)29-27(31)35-18(2)24(32)30-26-28-22(16-34-26)19-11-4-3-5-12-19/h3-16,18H,1-2H3,(H,28,30,32)/t18-/m1/s1. The zero-order valence-corrected chi connectivity index (χ0v) is 20.8. The van der Waals surface area contributed by atoms with Crippen molar-refractivity contribution in [2.75, 3.05) is 5.32 Å². The third-order valence-corrected chi connectivity index (χ3v) is 7.37. The number of carbonyl (C=O) groups excluding carboxylic acids is 1. The van der Waals surface area contributed by atoms with E-state index in [2.05, 4.69) is 10.3 Å². The van der Waals surface area contributed by atoms with Gasteiger partial charge < -0.3 is 5.32 Å². The van der Waals surface area contributed by atoms with Crippen molar-refractivity contribution in [3.8, 4) is 16.9 Å². The fourth-order valence-electron chi connectivity index (χ4n) is 3.71. The summed E-state index contributed by atoms with van der Waals surface area (Å²) in [7, 11) is 0. The molecule has 0 spiro atoms. The average molecular weight is 499 g/mol. The Morgan fingerprint density at radius 2 is 1.69 bits per heavy atom. The van der Waals surface area contributed by atoms with Gasteiger partial charge in [-0.1, -0.05) is 72.4 Å². The molecule has 0 fully saturated rings. The Bertz CT molecular complexity index is 1580. The van der Waals surface area contributed by atoms with Crippen LogP contribution in [0.1, 0.15) is 12.5 Å². The number of thiazole rings is 1. The highest BCUT2D eigenvalue weighted by molar-refractivity contribution is 8.00. The molecule has 0 saturated heterocycles. The monoisotopic (exact) mass is 498 g/mol. The van der Waals surface area contributed by atoms with E-state index in [0.717, 1.165) is 22.5 Å². The van der Waals surface area contributed by atoms with Gasteiger partial charge in [0.05, 0.1) is 27.5 Å². The fraction of sp³-hybridized carbons (Fsp3) is 0.111. The molecule has 5 rings (SSSR count). The van der Waals surface area contributed by atoms with Gasteiger partial charge in [0.25, 0.3) is 5.56 Å². The highest BCUT2D eigenvalue weighted by atomic mass is 32.2. The van der Waals surface area contributed by atoms with E-state index < -0.39 is 5.25 Å². The maximum Gasteiger partial charge on any atom is 0.266 e. The quantitative estimate of drug-likeness (QED) is 0.232. The minimum atomic E-state index is -0.512. The highest BCUT2D eigenvalue weighted by Gasteiger charge is 2.22. The van der Waals surface area contributed by atoms with Gasteiger partial charge in [-0.05, 0) is 37.6 Å². The van der Waals surface area contributed by atoms with Crippen molar-refractivity contribution >= 4 is 45.0 Å². The number of aryl methyl sites for hydroxylation is 1. The number of benzene rings is 3.